The molecule has 0 fully saturated rings. The number of likely N-dealkylation sites (N-methyl/N-ethyl adjacent to an activating group) is 1. The number of carbonyl (C=O) groups is 1. The average Bonchev–Trinajstić information content (AvgIpc) is 2.58. The SMILES string of the molecule is COc1ccc(C)cc1NCC(=O)N(C)CCc1ccncc1. The molecule has 0 atom stereocenters. The van der Waals surface area contributed by atoms with Gasteiger partial charge in [0.25, 0.3) is 0 Å². The van der Waals surface area contributed by atoms with Crippen molar-refractivity contribution in [2.75, 3.05) is 32.6 Å². The van der Waals surface area contributed by atoms with Crippen molar-refractivity contribution < 1.29 is 9.53 Å². The normalized spacial score (nSPS) is 10.2. The van der Waals surface area contributed by atoms with Crippen LogP contribution in [0.3, 0.4) is 0 Å². The molecule has 1 aromatic carbocycles. The first-order valence-corrected chi connectivity index (χ1v) is 7.61. The molecular formula is C18H23N3O2. The van der Waals surface area contributed by atoms with Gasteiger partial charge in [0.1, 0.15) is 5.75 Å². The topological polar surface area (TPSA) is 54.5 Å². The molecule has 0 saturated carbocycles. The van der Waals surface area contributed by atoms with Crippen LogP contribution < -0.4 is 10.1 Å². The predicted octanol–water partition coefficient (Wildman–Crippen LogP) is 2.51. The van der Waals surface area contributed by atoms with Gasteiger partial charge in [-0.25, -0.2) is 0 Å². The highest BCUT2D eigenvalue weighted by atomic mass is 16.5. The number of hydrogen-bond donors (Lipinski definition) is 1. The molecule has 5 nitrogen and oxygen atoms in total. The maximum absolute atomic E-state index is 12.2. The number of methoxy groups -OCH3 is 1. The lowest BCUT2D eigenvalue weighted by atomic mass is 10.2. The van der Waals surface area contributed by atoms with Crippen molar-refractivity contribution >= 4 is 11.6 Å². The van der Waals surface area contributed by atoms with Crippen LogP contribution >= 0.6 is 0 Å². The van der Waals surface area contributed by atoms with Crippen LogP contribution in [0.5, 0.6) is 5.75 Å². The number of hydrogen-bond acceptors (Lipinski definition) is 4. The third-order valence-corrected chi connectivity index (χ3v) is 3.70. The number of benzene rings is 1. The summed E-state index contributed by atoms with van der Waals surface area (Å²) in [6.45, 7) is 2.93. The molecule has 0 saturated heterocycles. The van der Waals surface area contributed by atoms with Crippen LogP contribution in [0.15, 0.2) is 42.7 Å². The van der Waals surface area contributed by atoms with E-state index in [0.29, 0.717) is 6.54 Å². The second-order valence-corrected chi connectivity index (χ2v) is 5.48. The van der Waals surface area contributed by atoms with E-state index in [-0.39, 0.29) is 12.5 Å². The lowest BCUT2D eigenvalue weighted by molar-refractivity contribution is -0.127. The van der Waals surface area contributed by atoms with E-state index in [0.717, 1.165) is 23.4 Å². The second-order valence-electron chi connectivity index (χ2n) is 5.48. The van der Waals surface area contributed by atoms with Crippen LogP contribution in [0, 0.1) is 6.92 Å². The number of nitrogens with zero attached hydrogens (tertiary/aromatic N) is 2. The van der Waals surface area contributed by atoms with E-state index in [1.54, 1.807) is 24.4 Å². The van der Waals surface area contributed by atoms with E-state index >= 15 is 0 Å². The molecule has 0 aliphatic rings. The summed E-state index contributed by atoms with van der Waals surface area (Å²) in [5.41, 5.74) is 3.13. The van der Waals surface area contributed by atoms with Gasteiger partial charge in [0.15, 0.2) is 0 Å². The van der Waals surface area contributed by atoms with Gasteiger partial charge in [-0.05, 0) is 48.7 Å². The molecule has 0 spiro atoms. The zero-order valence-electron chi connectivity index (χ0n) is 13.9. The summed E-state index contributed by atoms with van der Waals surface area (Å²) < 4.78 is 5.31. The van der Waals surface area contributed by atoms with Crippen molar-refractivity contribution in [2.45, 2.75) is 13.3 Å². The van der Waals surface area contributed by atoms with Crippen molar-refractivity contribution in [3.8, 4) is 5.75 Å². The Labute approximate surface area is 137 Å². The van der Waals surface area contributed by atoms with Crippen LogP contribution in [0.1, 0.15) is 11.1 Å². The summed E-state index contributed by atoms with van der Waals surface area (Å²) >= 11 is 0. The van der Waals surface area contributed by atoms with E-state index in [4.69, 9.17) is 4.74 Å². The Morgan fingerprint density at radius 1 is 1.26 bits per heavy atom. The molecule has 0 bridgehead atoms. The summed E-state index contributed by atoms with van der Waals surface area (Å²) in [5, 5.41) is 3.16. The zero-order valence-corrected chi connectivity index (χ0v) is 13.9. The second kappa shape index (κ2) is 8.17. The van der Waals surface area contributed by atoms with Crippen molar-refractivity contribution in [3.63, 3.8) is 0 Å². The first-order valence-electron chi connectivity index (χ1n) is 7.61. The van der Waals surface area contributed by atoms with Crippen molar-refractivity contribution in [1.82, 2.24) is 9.88 Å². The monoisotopic (exact) mass is 313 g/mol. The van der Waals surface area contributed by atoms with Gasteiger partial charge in [0.05, 0.1) is 19.3 Å². The highest BCUT2D eigenvalue weighted by molar-refractivity contribution is 5.81. The fourth-order valence-corrected chi connectivity index (χ4v) is 2.24. The number of carbonyl (C=O) groups excluding carboxylic acids is 1. The zero-order chi connectivity index (χ0) is 16.7. The highest BCUT2D eigenvalue weighted by Gasteiger charge is 2.10. The predicted molar refractivity (Wildman–Crippen MR) is 91.8 cm³/mol. The Bertz CT molecular complexity index is 644. The molecule has 1 amide bonds. The summed E-state index contributed by atoms with van der Waals surface area (Å²) in [5.74, 6) is 0.783. The van der Waals surface area contributed by atoms with Gasteiger partial charge in [-0.1, -0.05) is 6.07 Å². The summed E-state index contributed by atoms with van der Waals surface area (Å²) in [4.78, 5) is 18.0. The van der Waals surface area contributed by atoms with Crippen LogP contribution in [0.4, 0.5) is 5.69 Å². The number of amides is 1. The number of ether oxygens (including phenoxy) is 1. The molecule has 2 rings (SSSR count). The van der Waals surface area contributed by atoms with Gasteiger partial charge in [-0.15, -0.1) is 0 Å². The number of anilines is 1. The Morgan fingerprint density at radius 3 is 2.70 bits per heavy atom. The Balaban J connectivity index is 1.85. The Morgan fingerprint density at radius 2 is 2.00 bits per heavy atom. The summed E-state index contributed by atoms with van der Waals surface area (Å²) in [6, 6.07) is 9.79. The summed E-state index contributed by atoms with van der Waals surface area (Å²) in [7, 11) is 3.44. The molecule has 122 valence electrons. The number of aromatic nitrogens is 1. The third-order valence-electron chi connectivity index (χ3n) is 3.70. The van der Waals surface area contributed by atoms with E-state index < -0.39 is 0 Å². The first kappa shape index (κ1) is 16.8. The fraction of sp³-hybridized carbons (Fsp3) is 0.333. The lowest BCUT2D eigenvalue weighted by Crippen LogP contribution is -2.33. The van der Waals surface area contributed by atoms with E-state index in [2.05, 4.69) is 10.3 Å². The smallest absolute Gasteiger partial charge is 0.241 e. The Hall–Kier alpha value is -2.56. The van der Waals surface area contributed by atoms with Crippen molar-refractivity contribution in [2.24, 2.45) is 0 Å². The highest BCUT2D eigenvalue weighted by Crippen LogP contribution is 2.24. The van der Waals surface area contributed by atoms with Crippen LogP contribution in [0.25, 0.3) is 0 Å². The largest absolute Gasteiger partial charge is 0.495 e. The van der Waals surface area contributed by atoms with Gasteiger partial charge in [0.2, 0.25) is 5.91 Å². The number of nitrogens with one attached hydrogen (secondary N) is 1. The molecular weight excluding hydrogens is 290 g/mol. The minimum absolute atomic E-state index is 0.0441. The maximum Gasteiger partial charge on any atom is 0.241 e. The Kier molecular flexibility index (Phi) is 5.97. The van der Waals surface area contributed by atoms with Gasteiger partial charge in [-0.2, -0.15) is 0 Å². The number of aryl methyl sites for hydroxylation is 1. The van der Waals surface area contributed by atoms with Crippen LogP contribution in [-0.2, 0) is 11.2 Å². The molecule has 0 aliphatic heterocycles. The number of pyridine rings is 1. The lowest BCUT2D eigenvalue weighted by Gasteiger charge is -2.18. The average molecular weight is 313 g/mol. The van der Waals surface area contributed by atoms with E-state index in [1.807, 2.05) is 44.3 Å². The quantitative estimate of drug-likeness (QED) is 0.853. The van der Waals surface area contributed by atoms with Crippen LogP contribution in [0.2, 0.25) is 0 Å². The standard InChI is InChI=1S/C18H23N3O2/c1-14-4-5-17(23-3)16(12-14)20-13-18(22)21(2)11-8-15-6-9-19-10-7-15/h4-7,9-10,12,20H,8,11,13H2,1-3H3. The van der Waals surface area contributed by atoms with Crippen molar-refractivity contribution in [3.05, 3.63) is 53.9 Å². The third kappa shape index (κ3) is 4.98. The molecule has 2 aromatic rings. The van der Waals surface area contributed by atoms with E-state index in [9.17, 15) is 4.79 Å². The van der Waals surface area contributed by atoms with E-state index in [1.165, 1.54) is 5.56 Å². The molecule has 5 heteroatoms. The minimum atomic E-state index is 0.0441. The van der Waals surface area contributed by atoms with Gasteiger partial charge in [-0.3, -0.25) is 9.78 Å². The maximum atomic E-state index is 12.2. The van der Waals surface area contributed by atoms with Crippen molar-refractivity contribution in [1.29, 1.82) is 0 Å². The first-order chi connectivity index (χ1) is 11.1. The van der Waals surface area contributed by atoms with Gasteiger partial charge >= 0.3 is 0 Å². The molecule has 1 heterocycles. The number of rotatable bonds is 7. The minimum Gasteiger partial charge on any atom is -0.495 e. The van der Waals surface area contributed by atoms with Gasteiger partial charge in [0, 0.05) is 26.0 Å². The molecule has 1 N–H and O–H groups in total. The molecule has 1 aromatic heterocycles. The molecule has 0 radical (unpaired) electrons. The molecule has 23 heavy (non-hydrogen) atoms. The van der Waals surface area contributed by atoms with Gasteiger partial charge < -0.3 is 15.0 Å². The molecule has 0 unspecified atom stereocenters. The summed E-state index contributed by atoms with van der Waals surface area (Å²) in [6.07, 6.45) is 4.35. The fourth-order valence-electron chi connectivity index (χ4n) is 2.24. The van der Waals surface area contributed by atoms with Crippen LogP contribution in [-0.4, -0.2) is 43.0 Å². The molecule has 0 aliphatic carbocycles.